The van der Waals surface area contributed by atoms with Crippen LogP contribution in [-0.4, -0.2) is 31.4 Å². The molecule has 0 heterocycles. The van der Waals surface area contributed by atoms with E-state index in [9.17, 15) is 14.4 Å². The van der Waals surface area contributed by atoms with Crippen LogP contribution in [0.25, 0.3) is 0 Å². The lowest BCUT2D eigenvalue weighted by molar-refractivity contribution is -0.141. The quantitative estimate of drug-likeness (QED) is 0.700. The van der Waals surface area contributed by atoms with Crippen molar-refractivity contribution in [3.63, 3.8) is 0 Å². The van der Waals surface area contributed by atoms with Gasteiger partial charge >= 0.3 is 5.97 Å². The Bertz CT molecular complexity index is 892. The Balaban J connectivity index is 1.58. The highest BCUT2D eigenvalue weighted by atomic mass is 35.5. The maximum Gasteiger partial charge on any atom is 0.325 e. The van der Waals surface area contributed by atoms with Gasteiger partial charge in [-0.05, 0) is 48.2 Å². The highest BCUT2D eigenvalue weighted by molar-refractivity contribution is 6.30. The number of nitrogens with one attached hydrogen (secondary N) is 2. The van der Waals surface area contributed by atoms with Crippen molar-refractivity contribution in [2.75, 3.05) is 19.0 Å². The number of benzene rings is 2. The van der Waals surface area contributed by atoms with Gasteiger partial charge in [-0.1, -0.05) is 35.9 Å². The molecule has 2 aromatic rings. The Morgan fingerprint density at radius 1 is 1.11 bits per heavy atom. The summed E-state index contributed by atoms with van der Waals surface area (Å²) >= 11 is 6.06. The van der Waals surface area contributed by atoms with E-state index in [1.807, 2.05) is 18.2 Å². The number of halogens is 1. The van der Waals surface area contributed by atoms with Crippen LogP contribution < -0.4 is 10.6 Å². The molecule has 0 aliphatic heterocycles. The Morgan fingerprint density at radius 3 is 2.43 bits per heavy atom. The molecule has 146 valence electrons. The number of carbonyl (C=O) groups is 3. The summed E-state index contributed by atoms with van der Waals surface area (Å²) in [5, 5.41) is 6.05. The first-order valence-electron chi connectivity index (χ1n) is 8.93. The summed E-state index contributed by atoms with van der Waals surface area (Å²) in [6, 6.07) is 14.5. The van der Waals surface area contributed by atoms with Gasteiger partial charge in [-0.25, -0.2) is 0 Å². The molecule has 0 atom stereocenters. The molecule has 0 spiro atoms. The van der Waals surface area contributed by atoms with Gasteiger partial charge in [0.2, 0.25) is 11.8 Å². The second kappa shape index (κ2) is 8.44. The van der Waals surface area contributed by atoms with Crippen LogP contribution in [0.1, 0.15) is 24.0 Å². The molecule has 1 aliphatic carbocycles. The van der Waals surface area contributed by atoms with Crippen LogP contribution in [0.3, 0.4) is 0 Å². The number of anilines is 1. The number of rotatable bonds is 7. The van der Waals surface area contributed by atoms with E-state index in [1.165, 1.54) is 7.11 Å². The van der Waals surface area contributed by atoms with Gasteiger partial charge < -0.3 is 15.4 Å². The molecule has 1 saturated carbocycles. The standard InChI is InChI=1S/C21H21ClN2O4/c1-28-19(26)13-23-18(25)11-14-5-7-17(8-6-14)24-20(27)21(9-10-21)15-3-2-4-16(22)12-15/h2-8,12H,9-11,13H2,1H3,(H,23,25)(H,24,27). The van der Waals surface area contributed by atoms with Crippen LogP contribution in [0.15, 0.2) is 48.5 Å². The van der Waals surface area contributed by atoms with Crippen molar-refractivity contribution in [1.82, 2.24) is 5.32 Å². The maximum atomic E-state index is 12.8. The highest BCUT2D eigenvalue weighted by Gasteiger charge is 2.51. The summed E-state index contributed by atoms with van der Waals surface area (Å²) in [5.41, 5.74) is 1.85. The number of carbonyl (C=O) groups excluding carboxylic acids is 3. The van der Waals surface area contributed by atoms with Gasteiger partial charge in [0.05, 0.1) is 18.9 Å². The fraction of sp³-hybridized carbons (Fsp3) is 0.286. The van der Waals surface area contributed by atoms with E-state index in [1.54, 1.807) is 30.3 Å². The number of amides is 2. The summed E-state index contributed by atoms with van der Waals surface area (Å²) in [6.07, 6.45) is 1.72. The summed E-state index contributed by atoms with van der Waals surface area (Å²) in [4.78, 5) is 35.6. The maximum absolute atomic E-state index is 12.8. The number of ether oxygens (including phenoxy) is 1. The normalized spacial score (nSPS) is 14.1. The molecule has 0 saturated heterocycles. The molecule has 3 rings (SSSR count). The van der Waals surface area contributed by atoms with Crippen LogP contribution >= 0.6 is 11.6 Å². The monoisotopic (exact) mass is 400 g/mol. The molecule has 6 nitrogen and oxygen atoms in total. The lowest BCUT2D eigenvalue weighted by atomic mass is 9.95. The molecule has 0 aromatic heterocycles. The van der Waals surface area contributed by atoms with Gasteiger partial charge in [-0.3, -0.25) is 14.4 Å². The fourth-order valence-corrected chi connectivity index (χ4v) is 3.20. The Hall–Kier alpha value is -2.86. The van der Waals surface area contributed by atoms with Crippen molar-refractivity contribution in [2.24, 2.45) is 0 Å². The SMILES string of the molecule is COC(=O)CNC(=O)Cc1ccc(NC(=O)C2(c3cccc(Cl)c3)CC2)cc1. The Kier molecular flexibility index (Phi) is 5.99. The van der Waals surface area contributed by atoms with Crippen LogP contribution in [0.2, 0.25) is 5.02 Å². The van der Waals surface area contributed by atoms with Crippen molar-refractivity contribution in [3.8, 4) is 0 Å². The molecule has 1 fully saturated rings. The van der Waals surface area contributed by atoms with Crippen molar-refractivity contribution in [1.29, 1.82) is 0 Å². The zero-order valence-electron chi connectivity index (χ0n) is 15.5. The minimum Gasteiger partial charge on any atom is -0.468 e. The average molecular weight is 401 g/mol. The molecule has 0 bridgehead atoms. The third-order valence-corrected chi connectivity index (χ3v) is 5.03. The van der Waals surface area contributed by atoms with Gasteiger partial charge in [-0.2, -0.15) is 0 Å². The second-order valence-electron chi connectivity index (χ2n) is 6.77. The lowest BCUT2D eigenvalue weighted by Crippen LogP contribution is -2.31. The fourth-order valence-electron chi connectivity index (χ4n) is 3.01. The molecule has 7 heteroatoms. The minimum absolute atomic E-state index is 0.0571. The van der Waals surface area contributed by atoms with E-state index in [4.69, 9.17) is 11.6 Å². The summed E-state index contributed by atoms with van der Waals surface area (Å²) in [5.74, 6) is -0.835. The van der Waals surface area contributed by atoms with Crippen molar-refractivity contribution in [3.05, 3.63) is 64.7 Å². The second-order valence-corrected chi connectivity index (χ2v) is 7.21. The first-order valence-corrected chi connectivity index (χ1v) is 9.31. The minimum atomic E-state index is -0.517. The van der Waals surface area contributed by atoms with Gasteiger partial charge in [0.1, 0.15) is 6.54 Å². The zero-order chi connectivity index (χ0) is 20.1. The number of methoxy groups -OCH3 is 1. The summed E-state index contributed by atoms with van der Waals surface area (Å²) < 4.78 is 4.47. The molecule has 0 unspecified atom stereocenters. The Morgan fingerprint density at radius 2 is 1.82 bits per heavy atom. The van der Waals surface area contributed by atoms with E-state index in [2.05, 4.69) is 15.4 Å². The van der Waals surface area contributed by atoms with E-state index in [0.29, 0.717) is 10.7 Å². The molecule has 1 aliphatic rings. The molecule has 28 heavy (non-hydrogen) atoms. The molecule has 2 aromatic carbocycles. The van der Waals surface area contributed by atoms with E-state index >= 15 is 0 Å². The van der Waals surface area contributed by atoms with Crippen LogP contribution in [-0.2, 0) is 31.0 Å². The van der Waals surface area contributed by atoms with Crippen LogP contribution in [0.5, 0.6) is 0 Å². The molecular formula is C21H21ClN2O4. The molecule has 0 radical (unpaired) electrons. The largest absolute Gasteiger partial charge is 0.468 e. The number of hydrogen-bond acceptors (Lipinski definition) is 4. The third kappa shape index (κ3) is 4.70. The van der Waals surface area contributed by atoms with Gasteiger partial charge in [0.25, 0.3) is 0 Å². The number of esters is 1. The van der Waals surface area contributed by atoms with Crippen molar-refractivity contribution in [2.45, 2.75) is 24.7 Å². The van der Waals surface area contributed by atoms with Crippen LogP contribution in [0, 0.1) is 0 Å². The number of hydrogen-bond donors (Lipinski definition) is 2. The molecular weight excluding hydrogens is 380 g/mol. The zero-order valence-corrected chi connectivity index (χ0v) is 16.2. The smallest absolute Gasteiger partial charge is 0.325 e. The topological polar surface area (TPSA) is 84.5 Å². The first-order chi connectivity index (χ1) is 13.4. The first kappa shape index (κ1) is 19.9. The van der Waals surface area contributed by atoms with E-state index < -0.39 is 11.4 Å². The molecule has 2 N–H and O–H groups in total. The van der Waals surface area contributed by atoms with Gasteiger partial charge in [0.15, 0.2) is 0 Å². The lowest BCUT2D eigenvalue weighted by Gasteiger charge is -2.16. The average Bonchev–Trinajstić information content (AvgIpc) is 3.50. The summed E-state index contributed by atoms with van der Waals surface area (Å²) in [6.45, 7) is -0.158. The van der Waals surface area contributed by atoms with Crippen LogP contribution in [0.4, 0.5) is 5.69 Å². The predicted molar refractivity (Wildman–Crippen MR) is 106 cm³/mol. The highest BCUT2D eigenvalue weighted by Crippen LogP contribution is 2.49. The van der Waals surface area contributed by atoms with E-state index in [0.717, 1.165) is 24.0 Å². The third-order valence-electron chi connectivity index (χ3n) is 4.80. The van der Waals surface area contributed by atoms with Crippen molar-refractivity contribution < 1.29 is 19.1 Å². The van der Waals surface area contributed by atoms with Crippen molar-refractivity contribution >= 4 is 35.1 Å². The van der Waals surface area contributed by atoms with Gasteiger partial charge in [-0.15, -0.1) is 0 Å². The van der Waals surface area contributed by atoms with Gasteiger partial charge in [0, 0.05) is 10.7 Å². The Labute approximate surface area is 168 Å². The summed E-state index contributed by atoms with van der Waals surface area (Å²) in [7, 11) is 1.26. The molecule has 2 amide bonds. The predicted octanol–water partition coefficient (Wildman–Crippen LogP) is 2.84. The van der Waals surface area contributed by atoms with E-state index in [-0.39, 0.29) is 24.8 Å².